The summed E-state index contributed by atoms with van der Waals surface area (Å²) in [6.45, 7) is 4.17. The van der Waals surface area contributed by atoms with Gasteiger partial charge in [-0.15, -0.1) is 0 Å². The summed E-state index contributed by atoms with van der Waals surface area (Å²) in [5.74, 6) is 0.365. The van der Waals surface area contributed by atoms with Crippen LogP contribution < -0.4 is 5.32 Å². The summed E-state index contributed by atoms with van der Waals surface area (Å²) in [6.07, 6.45) is 3.18. The fourth-order valence-corrected chi connectivity index (χ4v) is 5.22. The van der Waals surface area contributed by atoms with Crippen molar-refractivity contribution in [3.05, 3.63) is 95.1 Å². The van der Waals surface area contributed by atoms with Crippen molar-refractivity contribution in [2.75, 3.05) is 5.75 Å². The fraction of sp³-hybridized carbons (Fsp3) is 0.241. The highest BCUT2D eigenvalue weighted by molar-refractivity contribution is 7.99. The van der Waals surface area contributed by atoms with Crippen LogP contribution in [-0.2, 0) is 11.2 Å². The standard InChI is InChI=1S/C29H29N3OS/c1-19-10-14-22(15-11-19)27-28(23-16-12-20(2)13-17-23)32-29(31-27)34-18-26(33)30-25-9-5-7-21-6-3-4-8-24(21)25/h3-4,6,8,10-17,25H,5,7,9,18H2,1-2H3,(H,30,33)(H,31,32)/t25-/m1/s1. The Hall–Kier alpha value is -3.31. The van der Waals surface area contributed by atoms with Gasteiger partial charge in [-0.1, -0.05) is 95.7 Å². The summed E-state index contributed by atoms with van der Waals surface area (Å²) < 4.78 is 0. The van der Waals surface area contributed by atoms with Gasteiger partial charge in [0.2, 0.25) is 5.91 Å². The van der Waals surface area contributed by atoms with Gasteiger partial charge >= 0.3 is 0 Å². The van der Waals surface area contributed by atoms with Crippen LogP contribution in [-0.4, -0.2) is 21.6 Å². The lowest BCUT2D eigenvalue weighted by Crippen LogP contribution is -2.32. The monoisotopic (exact) mass is 467 g/mol. The van der Waals surface area contributed by atoms with E-state index in [1.54, 1.807) is 0 Å². The first-order valence-electron chi connectivity index (χ1n) is 11.8. The molecule has 1 aliphatic carbocycles. The Morgan fingerprint density at radius 3 is 2.38 bits per heavy atom. The highest BCUT2D eigenvalue weighted by atomic mass is 32.2. The van der Waals surface area contributed by atoms with Crippen LogP contribution in [0.4, 0.5) is 0 Å². The zero-order chi connectivity index (χ0) is 23.5. The number of amides is 1. The van der Waals surface area contributed by atoms with Crippen molar-refractivity contribution in [1.29, 1.82) is 0 Å². The summed E-state index contributed by atoms with van der Waals surface area (Å²) in [5, 5.41) is 4.00. The molecule has 0 fully saturated rings. The molecule has 4 aromatic rings. The summed E-state index contributed by atoms with van der Waals surface area (Å²) >= 11 is 1.45. The minimum Gasteiger partial charge on any atom is -0.349 e. The second-order valence-corrected chi connectivity index (χ2v) is 9.96. The highest BCUT2D eigenvalue weighted by Crippen LogP contribution is 2.33. The van der Waals surface area contributed by atoms with E-state index in [-0.39, 0.29) is 11.9 Å². The minimum atomic E-state index is 0.0388. The van der Waals surface area contributed by atoms with Crippen molar-refractivity contribution in [2.45, 2.75) is 44.3 Å². The number of benzene rings is 3. The zero-order valence-electron chi connectivity index (χ0n) is 19.6. The lowest BCUT2D eigenvalue weighted by molar-refractivity contribution is -0.119. The van der Waals surface area contributed by atoms with E-state index >= 15 is 0 Å². The molecule has 5 rings (SSSR count). The number of aromatic nitrogens is 2. The lowest BCUT2D eigenvalue weighted by atomic mass is 9.88. The molecule has 1 aromatic heterocycles. The van der Waals surface area contributed by atoms with Gasteiger partial charge in [0.25, 0.3) is 0 Å². The average molecular weight is 468 g/mol. The molecule has 4 nitrogen and oxygen atoms in total. The Bertz CT molecular complexity index is 1230. The summed E-state index contributed by atoms with van der Waals surface area (Å²) in [7, 11) is 0. The maximum Gasteiger partial charge on any atom is 0.230 e. The van der Waals surface area contributed by atoms with Crippen molar-refractivity contribution in [3.8, 4) is 22.5 Å². The largest absolute Gasteiger partial charge is 0.349 e. The van der Waals surface area contributed by atoms with Crippen LogP contribution >= 0.6 is 11.8 Å². The van der Waals surface area contributed by atoms with Gasteiger partial charge in [-0.2, -0.15) is 0 Å². The molecule has 3 aromatic carbocycles. The molecule has 0 radical (unpaired) electrons. The minimum absolute atomic E-state index is 0.0388. The van der Waals surface area contributed by atoms with Gasteiger partial charge in [0.15, 0.2) is 5.16 Å². The van der Waals surface area contributed by atoms with E-state index in [0.717, 1.165) is 46.9 Å². The number of aromatic amines is 1. The van der Waals surface area contributed by atoms with Crippen LogP contribution in [0.1, 0.15) is 41.1 Å². The molecule has 0 spiro atoms. The van der Waals surface area contributed by atoms with E-state index in [0.29, 0.717) is 5.75 Å². The lowest BCUT2D eigenvalue weighted by Gasteiger charge is -2.26. The molecule has 0 saturated carbocycles. The molecule has 0 aliphatic heterocycles. The van der Waals surface area contributed by atoms with Gasteiger partial charge in [-0.05, 0) is 44.2 Å². The number of hydrogen-bond acceptors (Lipinski definition) is 3. The van der Waals surface area contributed by atoms with Gasteiger partial charge in [0.1, 0.15) is 0 Å². The second kappa shape index (κ2) is 9.90. The predicted molar refractivity (Wildman–Crippen MR) is 140 cm³/mol. The number of H-pyrrole nitrogens is 1. The van der Waals surface area contributed by atoms with Crippen molar-refractivity contribution in [2.24, 2.45) is 0 Å². The number of carbonyl (C=O) groups is 1. The average Bonchev–Trinajstić information content (AvgIpc) is 3.28. The number of hydrogen-bond donors (Lipinski definition) is 2. The molecule has 0 unspecified atom stereocenters. The summed E-state index contributed by atoms with van der Waals surface area (Å²) in [5.41, 5.74) is 9.08. The maximum atomic E-state index is 12.8. The van der Waals surface area contributed by atoms with E-state index in [4.69, 9.17) is 4.98 Å². The zero-order valence-corrected chi connectivity index (χ0v) is 20.4. The first kappa shape index (κ1) is 22.5. The van der Waals surface area contributed by atoms with Crippen molar-refractivity contribution >= 4 is 17.7 Å². The molecule has 2 N–H and O–H groups in total. The number of rotatable bonds is 6. The number of carbonyl (C=O) groups excluding carboxylic acids is 1. The third-order valence-electron chi connectivity index (χ3n) is 6.39. The number of fused-ring (bicyclic) bond motifs is 1. The normalized spacial score (nSPS) is 15.1. The Kier molecular flexibility index (Phi) is 6.54. The van der Waals surface area contributed by atoms with E-state index in [1.807, 2.05) is 0 Å². The molecule has 1 atom stereocenters. The molecule has 1 amide bonds. The third-order valence-corrected chi connectivity index (χ3v) is 7.27. The van der Waals surface area contributed by atoms with Gasteiger partial charge in [0.05, 0.1) is 23.2 Å². The van der Waals surface area contributed by atoms with E-state index in [9.17, 15) is 4.79 Å². The van der Waals surface area contributed by atoms with Crippen molar-refractivity contribution < 1.29 is 4.79 Å². The maximum absolute atomic E-state index is 12.8. The van der Waals surface area contributed by atoms with Crippen LogP contribution in [0.2, 0.25) is 0 Å². The molecule has 172 valence electrons. The van der Waals surface area contributed by atoms with Gasteiger partial charge < -0.3 is 10.3 Å². The summed E-state index contributed by atoms with van der Waals surface area (Å²) in [6, 6.07) is 25.4. The molecular formula is C29H29N3OS. The second-order valence-electron chi connectivity index (χ2n) is 9.00. The first-order chi connectivity index (χ1) is 16.6. The molecule has 1 heterocycles. The van der Waals surface area contributed by atoms with E-state index in [1.165, 1.54) is 34.0 Å². The number of thioether (sulfide) groups is 1. The van der Waals surface area contributed by atoms with Crippen LogP contribution in [0, 0.1) is 13.8 Å². The smallest absolute Gasteiger partial charge is 0.230 e. The van der Waals surface area contributed by atoms with Crippen molar-refractivity contribution in [3.63, 3.8) is 0 Å². The molecule has 5 heteroatoms. The predicted octanol–water partition coefficient (Wildman–Crippen LogP) is 6.65. The van der Waals surface area contributed by atoms with Crippen LogP contribution in [0.15, 0.2) is 78.0 Å². The number of nitrogens with one attached hydrogen (secondary N) is 2. The van der Waals surface area contributed by atoms with Gasteiger partial charge in [-0.3, -0.25) is 4.79 Å². The highest BCUT2D eigenvalue weighted by Gasteiger charge is 2.22. The quantitative estimate of drug-likeness (QED) is 0.312. The molecule has 0 bridgehead atoms. The van der Waals surface area contributed by atoms with Crippen LogP contribution in [0.5, 0.6) is 0 Å². The Balaban J connectivity index is 1.34. The van der Waals surface area contributed by atoms with Gasteiger partial charge in [0, 0.05) is 11.1 Å². The molecular weight excluding hydrogens is 438 g/mol. The summed E-state index contributed by atoms with van der Waals surface area (Å²) in [4.78, 5) is 21.2. The number of nitrogens with zero attached hydrogens (tertiary/aromatic N) is 1. The fourth-order valence-electron chi connectivity index (χ4n) is 4.54. The van der Waals surface area contributed by atoms with E-state index in [2.05, 4.69) is 96.9 Å². The van der Waals surface area contributed by atoms with Crippen molar-refractivity contribution in [1.82, 2.24) is 15.3 Å². The number of aryl methyl sites for hydroxylation is 3. The van der Waals surface area contributed by atoms with Crippen LogP contribution in [0.25, 0.3) is 22.5 Å². The van der Waals surface area contributed by atoms with Crippen LogP contribution in [0.3, 0.4) is 0 Å². The van der Waals surface area contributed by atoms with Gasteiger partial charge in [-0.25, -0.2) is 4.98 Å². The Labute approximate surface area is 205 Å². The Morgan fingerprint density at radius 2 is 1.65 bits per heavy atom. The number of imidazole rings is 1. The third kappa shape index (κ3) is 4.95. The molecule has 34 heavy (non-hydrogen) atoms. The Morgan fingerprint density at radius 1 is 0.971 bits per heavy atom. The molecule has 1 aliphatic rings. The first-order valence-corrected chi connectivity index (χ1v) is 12.8. The van der Waals surface area contributed by atoms with E-state index < -0.39 is 0 Å². The topological polar surface area (TPSA) is 57.8 Å². The molecule has 0 saturated heterocycles. The SMILES string of the molecule is Cc1ccc(-c2nc(SCC(=O)N[C@@H]3CCCc4ccccc43)[nH]c2-c2ccc(C)cc2)cc1.